The SMILES string of the molecule is COc1cccc(-c2nnc(SCC(=O)N3[C@H](C)CCC[C@@H]3C)n2Cc2ccco2)c1. The number of furan rings is 1. The maximum Gasteiger partial charge on any atom is 0.233 e. The topological polar surface area (TPSA) is 73.4 Å². The molecule has 1 saturated heterocycles. The van der Waals surface area contributed by atoms with Gasteiger partial charge >= 0.3 is 0 Å². The van der Waals surface area contributed by atoms with E-state index in [9.17, 15) is 4.79 Å². The molecule has 8 heteroatoms. The van der Waals surface area contributed by atoms with Gasteiger partial charge in [0.15, 0.2) is 11.0 Å². The van der Waals surface area contributed by atoms with E-state index in [1.54, 1.807) is 13.4 Å². The monoisotopic (exact) mass is 440 g/mol. The van der Waals surface area contributed by atoms with Crippen LogP contribution < -0.4 is 4.74 Å². The van der Waals surface area contributed by atoms with Crippen LogP contribution in [0.25, 0.3) is 11.4 Å². The fraction of sp³-hybridized carbons (Fsp3) is 0.435. The summed E-state index contributed by atoms with van der Waals surface area (Å²) in [6.45, 7) is 4.76. The molecule has 1 aliphatic heterocycles. The zero-order valence-electron chi connectivity index (χ0n) is 18.2. The summed E-state index contributed by atoms with van der Waals surface area (Å²) in [4.78, 5) is 15.0. The molecule has 31 heavy (non-hydrogen) atoms. The average molecular weight is 441 g/mol. The third kappa shape index (κ3) is 4.79. The molecule has 0 saturated carbocycles. The van der Waals surface area contributed by atoms with E-state index in [1.807, 2.05) is 45.9 Å². The highest BCUT2D eigenvalue weighted by Gasteiger charge is 2.29. The zero-order valence-corrected chi connectivity index (χ0v) is 19.0. The van der Waals surface area contributed by atoms with Crippen molar-refractivity contribution in [1.82, 2.24) is 19.7 Å². The molecule has 164 valence electrons. The highest BCUT2D eigenvalue weighted by Crippen LogP contribution is 2.29. The molecule has 3 heterocycles. The van der Waals surface area contributed by atoms with Gasteiger partial charge in [0.05, 0.1) is 25.7 Å². The van der Waals surface area contributed by atoms with Gasteiger partial charge in [-0.25, -0.2) is 0 Å². The van der Waals surface area contributed by atoms with Crippen LogP contribution in [0.2, 0.25) is 0 Å². The molecule has 0 unspecified atom stereocenters. The second-order valence-corrected chi connectivity index (χ2v) is 8.86. The van der Waals surface area contributed by atoms with Crippen molar-refractivity contribution in [2.24, 2.45) is 0 Å². The molecule has 0 bridgehead atoms. The molecule has 1 aromatic carbocycles. The summed E-state index contributed by atoms with van der Waals surface area (Å²) in [5.74, 6) is 2.76. The van der Waals surface area contributed by atoms with Crippen LogP contribution in [-0.4, -0.2) is 50.5 Å². The molecular formula is C23H28N4O3S. The van der Waals surface area contributed by atoms with E-state index in [1.165, 1.54) is 18.2 Å². The van der Waals surface area contributed by atoms with Gasteiger partial charge in [-0.1, -0.05) is 23.9 Å². The Balaban J connectivity index is 1.58. The Kier molecular flexibility index (Phi) is 6.65. The standard InChI is InChI=1S/C23H28N4O3S/c1-16-7-4-8-17(2)27(16)21(28)15-31-23-25-24-22(18-9-5-10-19(13-18)29-3)26(23)14-20-11-6-12-30-20/h5-6,9-13,16-17H,4,7-8,14-15H2,1-3H3/t16-,17+. The smallest absolute Gasteiger partial charge is 0.233 e. The van der Waals surface area contributed by atoms with Crippen LogP contribution in [0, 0.1) is 0 Å². The summed E-state index contributed by atoms with van der Waals surface area (Å²) in [6, 6.07) is 12.1. The largest absolute Gasteiger partial charge is 0.497 e. The van der Waals surface area contributed by atoms with Crippen molar-refractivity contribution < 1.29 is 13.9 Å². The molecule has 1 fully saturated rings. The van der Waals surface area contributed by atoms with Crippen molar-refractivity contribution in [3.63, 3.8) is 0 Å². The Morgan fingerprint density at radius 2 is 2.00 bits per heavy atom. The number of piperidine rings is 1. The number of amides is 1. The molecule has 1 amide bonds. The van der Waals surface area contributed by atoms with Crippen LogP contribution in [0.3, 0.4) is 0 Å². The first-order valence-electron chi connectivity index (χ1n) is 10.6. The van der Waals surface area contributed by atoms with Gasteiger partial charge in [0.2, 0.25) is 5.91 Å². The summed E-state index contributed by atoms with van der Waals surface area (Å²) in [5.41, 5.74) is 0.898. The van der Waals surface area contributed by atoms with Crippen LogP contribution in [-0.2, 0) is 11.3 Å². The molecular weight excluding hydrogens is 412 g/mol. The number of hydrogen-bond donors (Lipinski definition) is 0. The number of carbonyl (C=O) groups excluding carboxylic acids is 1. The minimum atomic E-state index is 0.153. The highest BCUT2D eigenvalue weighted by atomic mass is 32.2. The minimum Gasteiger partial charge on any atom is -0.497 e. The summed E-state index contributed by atoms with van der Waals surface area (Å²) >= 11 is 1.43. The third-order valence-corrected chi connectivity index (χ3v) is 6.70. The Hall–Kier alpha value is -2.74. The summed E-state index contributed by atoms with van der Waals surface area (Å²) < 4.78 is 12.9. The second kappa shape index (κ2) is 9.60. The van der Waals surface area contributed by atoms with Gasteiger partial charge in [0.1, 0.15) is 11.5 Å². The van der Waals surface area contributed by atoms with Crippen molar-refractivity contribution in [3.05, 3.63) is 48.4 Å². The molecule has 4 rings (SSSR count). The number of ether oxygens (including phenoxy) is 1. The summed E-state index contributed by atoms with van der Waals surface area (Å²) in [5, 5.41) is 9.53. The average Bonchev–Trinajstić information content (AvgIpc) is 3.42. The molecule has 0 radical (unpaired) electrons. The first-order chi connectivity index (χ1) is 15.1. The maximum atomic E-state index is 13.0. The predicted octanol–water partition coefficient (Wildman–Crippen LogP) is 4.48. The van der Waals surface area contributed by atoms with E-state index in [4.69, 9.17) is 9.15 Å². The Morgan fingerprint density at radius 3 is 2.71 bits per heavy atom. The van der Waals surface area contributed by atoms with E-state index in [0.29, 0.717) is 23.3 Å². The van der Waals surface area contributed by atoms with Crippen molar-refractivity contribution in [2.45, 2.75) is 56.9 Å². The lowest BCUT2D eigenvalue weighted by atomic mass is 9.98. The molecule has 3 aromatic rings. The lowest BCUT2D eigenvalue weighted by Crippen LogP contribution is -2.48. The van der Waals surface area contributed by atoms with Gasteiger partial charge in [-0.2, -0.15) is 0 Å². The lowest BCUT2D eigenvalue weighted by Gasteiger charge is -2.39. The van der Waals surface area contributed by atoms with Crippen LogP contribution in [0.4, 0.5) is 0 Å². The number of benzene rings is 1. The van der Waals surface area contributed by atoms with E-state index in [0.717, 1.165) is 29.9 Å². The van der Waals surface area contributed by atoms with Gasteiger partial charge < -0.3 is 14.1 Å². The van der Waals surface area contributed by atoms with Gasteiger partial charge in [-0.3, -0.25) is 9.36 Å². The zero-order chi connectivity index (χ0) is 21.8. The third-order valence-electron chi connectivity index (χ3n) is 5.75. The summed E-state index contributed by atoms with van der Waals surface area (Å²) in [7, 11) is 1.64. The van der Waals surface area contributed by atoms with Crippen molar-refractivity contribution in [3.8, 4) is 17.1 Å². The predicted molar refractivity (Wildman–Crippen MR) is 120 cm³/mol. The van der Waals surface area contributed by atoms with Crippen LogP contribution in [0.5, 0.6) is 5.75 Å². The highest BCUT2D eigenvalue weighted by molar-refractivity contribution is 7.99. The Labute approximate surface area is 186 Å². The molecule has 1 aliphatic rings. The van der Waals surface area contributed by atoms with Crippen LogP contribution in [0.1, 0.15) is 38.9 Å². The number of hydrogen-bond acceptors (Lipinski definition) is 6. The van der Waals surface area contributed by atoms with Gasteiger partial charge in [0, 0.05) is 17.6 Å². The van der Waals surface area contributed by atoms with E-state index in [-0.39, 0.29) is 18.0 Å². The molecule has 2 aromatic heterocycles. The number of aromatic nitrogens is 3. The van der Waals surface area contributed by atoms with Gasteiger partial charge in [-0.15, -0.1) is 10.2 Å². The maximum absolute atomic E-state index is 13.0. The van der Waals surface area contributed by atoms with Crippen LogP contribution >= 0.6 is 11.8 Å². The quantitative estimate of drug-likeness (QED) is 0.505. The second-order valence-electron chi connectivity index (χ2n) is 7.92. The number of nitrogens with zero attached hydrogens (tertiary/aromatic N) is 4. The fourth-order valence-corrected chi connectivity index (χ4v) is 4.99. The fourth-order valence-electron chi connectivity index (χ4n) is 4.19. The van der Waals surface area contributed by atoms with Crippen molar-refractivity contribution in [2.75, 3.05) is 12.9 Å². The van der Waals surface area contributed by atoms with E-state index in [2.05, 4.69) is 24.0 Å². The Morgan fingerprint density at radius 1 is 1.19 bits per heavy atom. The number of likely N-dealkylation sites (tertiary alicyclic amines) is 1. The number of rotatable bonds is 7. The number of methoxy groups -OCH3 is 1. The molecule has 0 N–H and O–H groups in total. The first-order valence-corrected chi connectivity index (χ1v) is 11.6. The van der Waals surface area contributed by atoms with Crippen molar-refractivity contribution in [1.29, 1.82) is 0 Å². The molecule has 7 nitrogen and oxygen atoms in total. The van der Waals surface area contributed by atoms with Gasteiger partial charge in [0.25, 0.3) is 0 Å². The molecule has 2 atom stereocenters. The Bertz CT molecular complexity index is 1010. The number of thioether (sulfide) groups is 1. The molecule has 0 spiro atoms. The lowest BCUT2D eigenvalue weighted by molar-refractivity contribution is -0.134. The minimum absolute atomic E-state index is 0.153. The van der Waals surface area contributed by atoms with Crippen LogP contribution in [0.15, 0.2) is 52.2 Å². The van der Waals surface area contributed by atoms with E-state index < -0.39 is 0 Å². The first kappa shape index (κ1) is 21.5. The summed E-state index contributed by atoms with van der Waals surface area (Å²) in [6.07, 6.45) is 4.96. The van der Waals surface area contributed by atoms with E-state index >= 15 is 0 Å². The van der Waals surface area contributed by atoms with Crippen molar-refractivity contribution >= 4 is 17.7 Å². The molecule has 0 aliphatic carbocycles. The van der Waals surface area contributed by atoms with Gasteiger partial charge in [-0.05, 0) is 57.4 Å². The normalized spacial score (nSPS) is 18.9. The number of carbonyl (C=O) groups is 1.